The van der Waals surface area contributed by atoms with Gasteiger partial charge in [0.25, 0.3) is 0 Å². The van der Waals surface area contributed by atoms with E-state index in [-0.39, 0.29) is 9.75 Å². The summed E-state index contributed by atoms with van der Waals surface area (Å²) in [4.78, 5) is 0.168. The van der Waals surface area contributed by atoms with Crippen LogP contribution >= 0.6 is 44.8 Å². The van der Waals surface area contributed by atoms with Crippen molar-refractivity contribution in [2.45, 2.75) is 230 Å². The molecule has 0 aliphatic rings. The van der Waals surface area contributed by atoms with E-state index in [9.17, 15) is 0 Å². The first-order valence-corrected chi connectivity index (χ1v) is 22.3. The first-order chi connectivity index (χ1) is 20.4. The van der Waals surface area contributed by atoms with Gasteiger partial charge in [-0.25, -0.2) is 0 Å². The molecule has 0 aliphatic carbocycles. The van der Waals surface area contributed by atoms with Gasteiger partial charge in [0, 0.05) is 21.3 Å². The maximum Gasteiger partial charge on any atom is 0.0446 e. The van der Waals surface area contributed by atoms with Gasteiger partial charge in [-0.05, 0) is 51.4 Å². The number of halogens is 2. The number of alkyl halides is 2. The van der Waals surface area contributed by atoms with Crippen LogP contribution in [0.25, 0.3) is 0 Å². The molecule has 0 unspecified atom stereocenters. The minimum Gasteiger partial charge on any atom is -0.119 e. The second kappa shape index (κ2) is 32.2. The zero-order chi connectivity index (χ0) is 31.0. The molecule has 42 heavy (non-hydrogen) atoms. The van der Waals surface area contributed by atoms with Gasteiger partial charge in [0.15, 0.2) is 0 Å². The number of hydrogen-bond donors (Lipinski definition) is 0. The Morgan fingerprint density at radius 3 is 0.762 bits per heavy atom. The van der Waals surface area contributed by atoms with Gasteiger partial charge in [0.1, 0.15) is 0 Å². The minimum absolute atomic E-state index is 0.0839. The van der Waals surface area contributed by atoms with Crippen LogP contribution in [-0.2, 0) is 0 Å². The average Bonchev–Trinajstić information content (AvgIpc) is 2.98. The standard InChI is InChI=1S/C38H76Cl2S2/c1-5-9-13-21-29-37(39,30-22-14-10-6-2)33-25-17-19-27-35-41-42-36-28-20-18-26-34-38(40,31-23-15-11-7-3)32-24-16-12-8-4/h5-36H2,1-4H3. The molecule has 0 heterocycles. The van der Waals surface area contributed by atoms with Crippen molar-refractivity contribution in [1.29, 1.82) is 0 Å². The summed E-state index contributed by atoms with van der Waals surface area (Å²) < 4.78 is 0. The first-order valence-electron chi connectivity index (χ1n) is 19.1. The predicted octanol–water partition coefficient (Wildman–Crippen LogP) is 16.1. The van der Waals surface area contributed by atoms with Crippen LogP contribution in [-0.4, -0.2) is 21.3 Å². The molecule has 0 saturated carbocycles. The van der Waals surface area contributed by atoms with Crippen LogP contribution in [0.15, 0.2) is 0 Å². The molecule has 0 N–H and O–H groups in total. The van der Waals surface area contributed by atoms with E-state index in [1.807, 2.05) is 0 Å². The summed E-state index contributed by atoms with van der Waals surface area (Å²) in [5, 5.41) is 0. The summed E-state index contributed by atoms with van der Waals surface area (Å²) in [6.45, 7) is 9.20. The Labute approximate surface area is 284 Å². The van der Waals surface area contributed by atoms with E-state index in [2.05, 4.69) is 49.3 Å². The summed E-state index contributed by atoms with van der Waals surface area (Å²) in [7, 11) is 4.22. The minimum atomic E-state index is 0.0839. The Bertz CT molecular complexity index is 457. The molecule has 4 heteroatoms. The zero-order valence-corrected chi connectivity index (χ0v) is 32.3. The Morgan fingerprint density at radius 2 is 0.524 bits per heavy atom. The maximum atomic E-state index is 7.21. The Balaban J connectivity index is 3.89. The van der Waals surface area contributed by atoms with E-state index in [0.717, 1.165) is 0 Å². The zero-order valence-electron chi connectivity index (χ0n) is 29.2. The van der Waals surface area contributed by atoms with Crippen LogP contribution in [0.3, 0.4) is 0 Å². The second-order valence-electron chi connectivity index (χ2n) is 13.5. The SMILES string of the molecule is CCCCCCC(Cl)(CCCCCC)CCCCCCSSCCCCCCC(Cl)(CCCCCC)CCCCCC. The van der Waals surface area contributed by atoms with Crippen LogP contribution in [0.4, 0.5) is 0 Å². The molecule has 0 atom stereocenters. The number of unbranched alkanes of at least 4 members (excludes halogenated alkanes) is 18. The van der Waals surface area contributed by atoms with Crippen molar-refractivity contribution >= 4 is 44.8 Å². The van der Waals surface area contributed by atoms with Crippen molar-refractivity contribution < 1.29 is 0 Å². The highest BCUT2D eigenvalue weighted by Gasteiger charge is 2.26. The molecule has 0 spiro atoms. The third-order valence-electron chi connectivity index (χ3n) is 9.20. The van der Waals surface area contributed by atoms with Gasteiger partial charge in [0.05, 0.1) is 0 Å². The van der Waals surface area contributed by atoms with Gasteiger partial charge in [-0.15, -0.1) is 23.2 Å². The summed E-state index contributed by atoms with van der Waals surface area (Å²) in [6, 6.07) is 0. The molecule has 0 bridgehead atoms. The molecule has 0 saturated heterocycles. The normalized spacial score (nSPS) is 12.4. The van der Waals surface area contributed by atoms with Gasteiger partial charge in [0.2, 0.25) is 0 Å². The fraction of sp³-hybridized carbons (Fsp3) is 1.00. The number of hydrogen-bond acceptors (Lipinski definition) is 2. The third kappa shape index (κ3) is 28.7. The Kier molecular flexibility index (Phi) is 33.2. The lowest BCUT2D eigenvalue weighted by Crippen LogP contribution is -2.21. The molecule has 0 aromatic rings. The first kappa shape index (κ1) is 43.3. The molecule has 254 valence electrons. The lowest BCUT2D eigenvalue weighted by Gasteiger charge is -2.27. The van der Waals surface area contributed by atoms with Crippen molar-refractivity contribution in [3.05, 3.63) is 0 Å². The molecular weight excluding hydrogens is 591 g/mol. The molecule has 0 rings (SSSR count). The quantitative estimate of drug-likeness (QED) is 0.0375. The summed E-state index contributed by atoms with van der Waals surface area (Å²) in [6.07, 6.45) is 39.7. The lowest BCUT2D eigenvalue weighted by molar-refractivity contribution is 0.399. The topological polar surface area (TPSA) is 0 Å². The van der Waals surface area contributed by atoms with Crippen molar-refractivity contribution in [2.75, 3.05) is 11.5 Å². The molecule has 0 fully saturated rings. The van der Waals surface area contributed by atoms with Crippen LogP contribution in [0.1, 0.15) is 220 Å². The van der Waals surface area contributed by atoms with E-state index in [1.54, 1.807) is 0 Å². The summed E-state index contributed by atoms with van der Waals surface area (Å²) >= 11 is 14.4. The van der Waals surface area contributed by atoms with Crippen molar-refractivity contribution in [3.63, 3.8) is 0 Å². The van der Waals surface area contributed by atoms with Crippen molar-refractivity contribution in [1.82, 2.24) is 0 Å². The highest BCUT2D eigenvalue weighted by Crippen LogP contribution is 2.36. The van der Waals surface area contributed by atoms with Gasteiger partial charge in [-0.1, -0.05) is 191 Å². The molecule has 0 aromatic carbocycles. The van der Waals surface area contributed by atoms with Crippen LogP contribution in [0.5, 0.6) is 0 Å². The average molecular weight is 668 g/mol. The monoisotopic (exact) mass is 666 g/mol. The predicted molar refractivity (Wildman–Crippen MR) is 203 cm³/mol. The van der Waals surface area contributed by atoms with E-state index in [1.165, 1.54) is 204 Å². The molecular formula is C38H76Cl2S2. The second-order valence-corrected chi connectivity index (χ2v) is 17.8. The van der Waals surface area contributed by atoms with E-state index in [0.29, 0.717) is 0 Å². The summed E-state index contributed by atoms with van der Waals surface area (Å²) in [5.41, 5.74) is 0. The molecule has 0 radical (unpaired) electrons. The summed E-state index contributed by atoms with van der Waals surface area (Å²) in [5.74, 6) is 2.63. The van der Waals surface area contributed by atoms with Crippen molar-refractivity contribution in [2.24, 2.45) is 0 Å². The fourth-order valence-electron chi connectivity index (χ4n) is 6.25. The molecule has 0 aliphatic heterocycles. The largest absolute Gasteiger partial charge is 0.119 e. The van der Waals surface area contributed by atoms with E-state index < -0.39 is 0 Å². The number of rotatable bonds is 35. The van der Waals surface area contributed by atoms with E-state index >= 15 is 0 Å². The van der Waals surface area contributed by atoms with Gasteiger partial charge >= 0.3 is 0 Å². The molecule has 0 amide bonds. The van der Waals surface area contributed by atoms with Crippen LogP contribution in [0.2, 0.25) is 0 Å². The Hall–Kier alpha value is 1.28. The maximum absolute atomic E-state index is 7.21. The van der Waals surface area contributed by atoms with Crippen LogP contribution in [0, 0.1) is 0 Å². The van der Waals surface area contributed by atoms with Gasteiger partial charge in [-0.2, -0.15) is 0 Å². The highest BCUT2D eigenvalue weighted by atomic mass is 35.5. The van der Waals surface area contributed by atoms with Crippen LogP contribution < -0.4 is 0 Å². The fourth-order valence-corrected chi connectivity index (χ4v) is 9.35. The Morgan fingerprint density at radius 1 is 0.310 bits per heavy atom. The third-order valence-corrected chi connectivity index (χ3v) is 12.9. The lowest BCUT2D eigenvalue weighted by atomic mass is 9.88. The van der Waals surface area contributed by atoms with Gasteiger partial charge < -0.3 is 0 Å². The smallest absolute Gasteiger partial charge is 0.0446 e. The molecule has 0 aromatic heterocycles. The van der Waals surface area contributed by atoms with Crippen molar-refractivity contribution in [3.8, 4) is 0 Å². The highest BCUT2D eigenvalue weighted by molar-refractivity contribution is 8.76. The molecule has 0 nitrogen and oxygen atoms in total. The van der Waals surface area contributed by atoms with Gasteiger partial charge in [-0.3, -0.25) is 0 Å². The van der Waals surface area contributed by atoms with E-state index in [4.69, 9.17) is 23.2 Å².